The van der Waals surface area contributed by atoms with Crippen LogP contribution in [0, 0.1) is 5.95 Å². The van der Waals surface area contributed by atoms with E-state index in [9.17, 15) is 4.39 Å². The molecule has 0 aliphatic carbocycles. The Kier molecular flexibility index (Phi) is 3.10. The van der Waals surface area contributed by atoms with E-state index in [0.717, 1.165) is 0 Å². The highest BCUT2D eigenvalue weighted by molar-refractivity contribution is 6.61. The van der Waals surface area contributed by atoms with Crippen LogP contribution in [-0.2, 0) is 9.31 Å². The van der Waals surface area contributed by atoms with Crippen molar-refractivity contribution >= 4 is 12.7 Å². The van der Waals surface area contributed by atoms with Gasteiger partial charge in [-0.1, -0.05) is 5.21 Å². The molecule has 2 aromatic rings. The van der Waals surface area contributed by atoms with E-state index >= 15 is 0 Å². The van der Waals surface area contributed by atoms with E-state index in [-0.39, 0.29) is 0 Å². The van der Waals surface area contributed by atoms with Gasteiger partial charge in [-0.05, 0) is 33.8 Å². The van der Waals surface area contributed by atoms with Crippen molar-refractivity contribution in [1.82, 2.24) is 20.0 Å². The molecule has 0 unspecified atom stereocenters. The van der Waals surface area contributed by atoms with Gasteiger partial charge in [0.05, 0.1) is 23.1 Å². The van der Waals surface area contributed by atoms with E-state index in [4.69, 9.17) is 9.31 Å². The Bertz CT molecular complexity index is 658. The van der Waals surface area contributed by atoms with Crippen molar-refractivity contribution in [2.24, 2.45) is 0 Å². The highest BCUT2D eigenvalue weighted by Crippen LogP contribution is 2.36. The van der Waals surface area contributed by atoms with Gasteiger partial charge < -0.3 is 9.31 Å². The van der Waals surface area contributed by atoms with Crippen molar-refractivity contribution in [2.45, 2.75) is 38.9 Å². The van der Waals surface area contributed by atoms with Gasteiger partial charge in [-0.25, -0.2) is 9.67 Å². The van der Waals surface area contributed by atoms with Gasteiger partial charge in [-0.15, -0.1) is 5.10 Å². The third-order valence-electron chi connectivity index (χ3n) is 3.98. The van der Waals surface area contributed by atoms with Crippen LogP contribution in [0.3, 0.4) is 0 Å². The smallest absolute Gasteiger partial charge is 0.398 e. The molecule has 2 aromatic heterocycles. The number of rotatable bonds is 2. The Morgan fingerprint density at radius 2 is 1.86 bits per heavy atom. The average Bonchev–Trinajstić information content (AvgIpc) is 2.93. The predicted octanol–water partition coefficient (Wildman–Crippen LogP) is 1.10. The van der Waals surface area contributed by atoms with Gasteiger partial charge >= 0.3 is 7.12 Å². The molecule has 0 aromatic carbocycles. The van der Waals surface area contributed by atoms with Gasteiger partial charge in [0.25, 0.3) is 0 Å². The van der Waals surface area contributed by atoms with E-state index < -0.39 is 24.3 Å². The van der Waals surface area contributed by atoms with Crippen LogP contribution >= 0.6 is 0 Å². The Morgan fingerprint density at radius 1 is 1.19 bits per heavy atom. The summed E-state index contributed by atoms with van der Waals surface area (Å²) in [6.07, 6.45) is 3.04. The maximum absolute atomic E-state index is 13.1. The van der Waals surface area contributed by atoms with Gasteiger partial charge in [0, 0.05) is 12.3 Å². The molecular formula is C13H16BFN4O2. The molecule has 0 bridgehead atoms. The van der Waals surface area contributed by atoms with E-state index in [0.29, 0.717) is 11.3 Å². The molecule has 3 rings (SSSR count). The molecule has 0 radical (unpaired) electrons. The fourth-order valence-corrected chi connectivity index (χ4v) is 2.01. The van der Waals surface area contributed by atoms with Gasteiger partial charge in [0.15, 0.2) is 0 Å². The molecule has 1 fully saturated rings. The molecule has 1 saturated heterocycles. The minimum atomic E-state index is -0.588. The average molecular weight is 290 g/mol. The second kappa shape index (κ2) is 4.61. The van der Waals surface area contributed by atoms with Gasteiger partial charge in [-0.3, -0.25) is 0 Å². The molecule has 0 N–H and O–H groups in total. The molecule has 1 aliphatic heterocycles. The first-order valence-electron chi connectivity index (χ1n) is 6.68. The van der Waals surface area contributed by atoms with Crippen molar-refractivity contribution in [1.29, 1.82) is 0 Å². The van der Waals surface area contributed by atoms with Crippen molar-refractivity contribution in [3.8, 4) is 5.69 Å². The Morgan fingerprint density at radius 3 is 2.48 bits per heavy atom. The summed E-state index contributed by atoms with van der Waals surface area (Å²) in [4.78, 5) is 3.51. The molecule has 0 spiro atoms. The third-order valence-corrected chi connectivity index (χ3v) is 3.98. The SMILES string of the molecule is CC1(C)OB(c2cn(-c3ccnc(F)c3)nn2)OC1(C)C. The Balaban J connectivity index is 1.87. The maximum Gasteiger partial charge on any atom is 0.518 e. The molecule has 0 atom stereocenters. The van der Waals surface area contributed by atoms with Crippen LogP contribution in [0.2, 0.25) is 0 Å². The van der Waals surface area contributed by atoms with Crippen LogP contribution in [0.5, 0.6) is 0 Å². The third kappa shape index (κ3) is 2.45. The molecule has 6 nitrogen and oxygen atoms in total. The normalized spacial score (nSPS) is 20.0. The lowest BCUT2D eigenvalue weighted by molar-refractivity contribution is 0.00578. The maximum atomic E-state index is 13.1. The summed E-state index contributed by atoms with van der Waals surface area (Å²) in [6, 6.07) is 2.93. The molecule has 110 valence electrons. The van der Waals surface area contributed by atoms with Gasteiger partial charge in [0.1, 0.15) is 5.59 Å². The zero-order valence-electron chi connectivity index (χ0n) is 12.4. The highest BCUT2D eigenvalue weighted by atomic mass is 19.1. The summed E-state index contributed by atoms with van der Waals surface area (Å²) in [5, 5.41) is 8.04. The molecule has 0 amide bonds. The number of pyridine rings is 1. The van der Waals surface area contributed by atoms with Crippen molar-refractivity contribution in [3.63, 3.8) is 0 Å². The Labute approximate surface area is 122 Å². The van der Waals surface area contributed by atoms with E-state index in [1.54, 1.807) is 12.3 Å². The number of hydrogen-bond donors (Lipinski definition) is 0. The largest absolute Gasteiger partial charge is 0.518 e. The molecule has 0 saturated carbocycles. The first kappa shape index (κ1) is 14.2. The number of aromatic nitrogens is 4. The molecule has 3 heterocycles. The second-order valence-electron chi connectivity index (χ2n) is 6.01. The topological polar surface area (TPSA) is 62.1 Å². The molecule has 21 heavy (non-hydrogen) atoms. The summed E-state index contributed by atoms with van der Waals surface area (Å²) in [6.45, 7) is 7.87. The first-order chi connectivity index (χ1) is 9.78. The zero-order valence-corrected chi connectivity index (χ0v) is 12.4. The quantitative estimate of drug-likeness (QED) is 0.612. The van der Waals surface area contributed by atoms with Crippen LogP contribution in [0.4, 0.5) is 4.39 Å². The monoisotopic (exact) mass is 290 g/mol. The second-order valence-corrected chi connectivity index (χ2v) is 6.01. The van der Waals surface area contributed by atoms with Crippen LogP contribution in [0.1, 0.15) is 27.7 Å². The number of halogens is 1. The van der Waals surface area contributed by atoms with Gasteiger partial charge in [-0.2, -0.15) is 4.39 Å². The summed E-state index contributed by atoms with van der Waals surface area (Å²) in [7, 11) is -0.588. The van der Waals surface area contributed by atoms with E-state index in [1.807, 2.05) is 27.7 Å². The lowest BCUT2D eigenvalue weighted by Crippen LogP contribution is -2.41. The molecular weight excluding hydrogens is 274 g/mol. The summed E-state index contributed by atoms with van der Waals surface area (Å²) in [5.74, 6) is -0.569. The van der Waals surface area contributed by atoms with Gasteiger partial charge in [0.2, 0.25) is 5.95 Å². The summed E-state index contributed by atoms with van der Waals surface area (Å²) < 4.78 is 26.4. The standard InChI is InChI=1S/C13H16BFN4O2/c1-12(2)13(3,4)21-14(20-12)10-8-19(18-17-10)9-5-6-16-11(15)7-9/h5-8H,1-4H3. The van der Waals surface area contributed by atoms with Crippen molar-refractivity contribution in [3.05, 3.63) is 30.5 Å². The van der Waals surface area contributed by atoms with Crippen LogP contribution < -0.4 is 5.59 Å². The number of nitrogens with zero attached hydrogens (tertiary/aromatic N) is 4. The Hall–Kier alpha value is -1.80. The highest BCUT2D eigenvalue weighted by Gasteiger charge is 2.52. The molecule has 8 heteroatoms. The predicted molar refractivity (Wildman–Crippen MR) is 74.8 cm³/mol. The summed E-state index contributed by atoms with van der Waals surface area (Å²) >= 11 is 0. The number of hydrogen-bond acceptors (Lipinski definition) is 5. The van der Waals surface area contributed by atoms with Crippen LogP contribution in [0.15, 0.2) is 24.5 Å². The van der Waals surface area contributed by atoms with Crippen molar-refractivity contribution in [2.75, 3.05) is 0 Å². The first-order valence-corrected chi connectivity index (χ1v) is 6.68. The lowest BCUT2D eigenvalue weighted by atomic mass is 9.86. The minimum Gasteiger partial charge on any atom is -0.398 e. The molecule has 1 aliphatic rings. The minimum absolute atomic E-state index is 0.440. The fourth-order valence-electron chi connectivity index (χ4n) is 2.01. The fraction of sp³-hybridized carbons (Fsp3) is 0.462. The zero-order chi connectivity index (χ0) is 15.3. The summed E-state index contributed by atoms with van der Waals surface area (Å²) in [5.41, 5.74) is 0.206. The lowest BCUT2D eigenvalue weighted by Gasteiger charge is -2.32. The van der Waals surface area contributed by atoms with Crippen molar-refractivity contribution < 1.29 is 13.7 Å². The van der Waals surface area contributed by atoms with E-state index in [2.05, 4.69) is 15.3 Å². The van der Waals surface area contributed by atoms with Crippen LogP contribution in [0.25, 0.3) is 5.69 Å². The van der Waals surface area contributed by atoms with E-state index in [1.165, 1.54) is 16.9 Å². The van der Waals surface area contributed by atoms with Crippen LogP contribution in [-0.4, -0.2) is 38.3 Å².